The number of hydrogen-bond donors (Lipinski definition) is 1. The molecule has 0 spiro atoms. The van der Waals surface area contributed by atoms with Gasteiger partial charge >= 0.3 is 5.97 Å². The number of amides is 2. The highest BCUT2D eigenvalue weighted by atomic mass is 16.6. The van der Waals surface area contributed by atoms with Crippen molar-refractivity contribution in [3.63, 3.8) is 0 Å². The number of nitrogens with one attached hydrogen (secondary N) is 1. The minimum absolute atomic E-state index is 0.125. The summed E-state index contributed by atoms with van der Waals surface area (Å²) in [7, 11) is 0. The first-order valence-corrected chi connectivity index (χ1v) is 12.2. The fourth-order valence-electron chi connectivity index (χ4n) is 4.63. The van der Waals surface area contributed by atoms with Gasteiger partial charge in [0, 0.05) is 37.7 Å². The number of carbonyl (C=O) groups is 3. The van der Waals surface area contributed by atoms with E-state index in [0.29, 0.717) is 47.5 Å². The van der Waals surface area contributed by atoms with E-state index in [9.17, 15) is 24.5 Å². The molecule has 1 atom stereocenters. The van der Waals surface area contributed by atoms with Crippen molar-refractivity contribution in [3.8, 4) is 5.75 Å². The fourth-order valence-corrected chi connectivity index (χ4v) is 4.63. The van der Waals surface area contributed by atoms with Crippen LogP contribution in [0, 0.1) is 30.9 Å². The van der Waals surface area contributed by atoms with Crippen LogP contribution in [-0.4, -0.2) is 34.2 Å². The van der Waals surface area contributed by atoms with Gasteiger partial charge in [0.05, 0.1) is 4.92 Å². The Morgan fingerprint density at radius 2 is 1.86 bits per heavy atom. The van der Waals surface area contributed by atoms with Gasteiger partial charge < -0.3 is 15.0 Å². The maximum atomic E-state index is 13.7. The van der Waals surface area contributed by atoms with Gasteiger partial charge in [0.2, 0.25) is 5.91 Å². The van der Waals surface area contributed by atoms with Crippen LogP contribution in [0.15, 0.2) is 24.3 Å². The van der Waals surface area contributed by atoms with Crippen molar-refractivity contribution in [2.45, 2.75) is 72.8 Å². The Labute approximate surface area is 211 Å². The van der Waals surface area contributed by atoms with Crippen LogP contribution in [0.25, 0.3) is 0 Å². The van der Waals surface area contributed by atoms with Crippen LogP contribution < -0.4 is 10.1 Å². The number of anilines is 1. The molecular weight excluding hydrogens is 462 g/mol. The van der Waals surface area contributed by atoms with Gasteiger partial charge in [-0.25, -0.2) is 0 Å². The number of nitro benzene ring substituents is 1. The zero-order chi connectivity index (χ0) is 26.6. The molecule has 192 valence electrons. The number of hydrogen-bond acceptors (Lipinski definition) is 6. The Bertz CT molecular complexity index is 1210. The minimum Gasteiger partial charge on any atom is -0.426 e. The molecule has 9 nitrogen and oxygen atoms in total. The van der Waals surface area contributed by atoms with Crippen molar-refractivity contribution in [3.05, 3.63) is 62.2 Å². The van der Waals surface area contributed by atoms with E-state index >= 15 is 0 Å². The Morgan fingerprint density at radius 3 is 2.50 bits per heavy atom. The summed E-state index contributed by atoms with van der Waals surface area (Å²) >= 11 is 0. The number of nitro groups is 1. The Kier molecular flexibility index (Phi) is 8.45. The van der Waals surface area contributed by atoms with E-state index in [1.54, 1.807) is 30.9 Å². The average molecular weight is 496 g/mol. The van der Waals surface area contributed by atoms with Crippen LogP contribution in [0.3, 0.4) is 0 Å². The average Bonchev–Trinajstić information content (AvgIpc) is 2.83. The quantitative estimate of drug-likeness (QED) is 0.179. The van der Waals surface area contributed by atoms with Gasteiger partial charge in [-0.05, 0) is 67.5 Å². The number of unbranched alkanes of at least 4 members (excludes halogenated alkanes) is 2. The van der Waals surface area contributed by atoms with E-state index in [1.807, 2.05) is 6.92 Å². The number of esters is 1. The van der Waals surface area contributed by atoms with E-state index < -0.39 is 22.8 Å². The van der Waals surface area contributed by atoms with Gasteiger partial charge in [-0.3, -0.25) is 24.5 Å². The third kappa shape index (κ3) is 5.72. The molecule has 0 bridgehead atoms. The number of rotatable bonds is 8. The molecule has 0 aromatic heterocycles. The molecule has 9 heteroatoms. The lowest BCUT2D eigenvalue weighted by molar-refractivity contribution is -0.385. The Hall–Kier alpha value is -3.75. The summed E-state index contributed by atoms with van der Waals surface area (Å²) in [5, 5.41) is 14.4. The van der Waals surface area contributed by atoms with E-state index in [1.165, 1.54) is 19.1 Å². The topological polar surface area (TPSA) is 119 Å². The molecule has 36 heavy (non-hydrogen) atoms. The molecule has 1 aliphatic rings. The lowest BCUT2D eigenvalue weighted by atomic mass is 9.90. The number of non-ortho nitro benzene ring substituents is 1. The van der Waals surface area contributed by atoms with Gasteiger partial charge in [-0.1, -0.05) is 25.8 Å². The molecule has 0 saturated carbocycles. The smallest absolute Gasteiger partial charge is 0.308 e. The highest BCUT2D eigenvalue weighted by molar-refractivity contribution is 5.99. The lowest BCUT2D eigenvalue weighted by Gasteiger charge is -2.36. The molecule has 1 heterocycles. The molecule has 0 fully saturated rings. The van der Waals surface area contributed by atoms with Crippen LogP contribution in [0.5, 0.6) is 5.75 Å². The highest BCUT2D eigenvalue weighted by Crippen LogP contribution is 2.36. The van der Waals surface area contributed by atoms with Crippen molar-refractivity contribution in [2.75, 3.05) is 11.9 Å². The zero-order valence-corrected chi connectivity index (χ0v) is 21.5. The maximum absolute atomic E-state index is 13.7. The van der Waals surface area contributed by atoms with Gasteiger partial charge in [-0.2, -0.15) is 0 Å². The van der Waals surface area contributed by atoms with Crippen molar-refractivity contribution in [1.82, 2.24) is 4.90 Å². The molecule has 0 saturated heterocycles. The molecule has 2 aromatic carbocycles. The first-order chi connectivity index (χ1) is 17.0. The molecule has 1 aliphatic heterocycles. The second-order valence-electron chi connectivity index (χ2n) is 9.24. The van der Waals surface area contributed by atoms with Gasteiger partial charge in [-0.15, -0.1) is 0 Å². The standard InChI is InChI=1S/C27H33N3O6/c1-6-7-8-9-24(32)29-13-12-20-10-11-21(30(34)35)15-22(20)25(29)27(33)28-23-14-16(2)26(36-19(5)31)18(4)17(23)3/h10-11,14-15,25H,6-9,12-13H2,1-5H3,(H,28,33). The van der Waals surface area contributed by atoms with Crippen LogP contribution in [-0.2, 0) is 20.8 Å². The summed E-state index contributed by atoms with van der Waals surface area (Å²) in [5.74, 6) is -0.572. The van der Waals surface area contributed by atoms with Crippen LogP contribution in [0.4, 0.5) is 11.4 Å². The molecule has 3 rings (SSSR count). The predicted molar refractivity (Wildman–Crippen MR) is 136 cm³/mol. The Morgan fingerprint density at radius 1 is 1.14 bits per heavy atom. The third-order valence-electron chi connectivity index (χ3n) is 6.66. The van der Waals surface area contributed by atoms with Gasteiger partial charge in [0.1, 0.15) is 11.8 Å². The first-order valence-electron chi connectivity index (χ1n) is 12.2. The molecule has 2 amide bonds. The summed E-state index contributed by atoms with van der Waals surface area (Å²) < 4.78 is 5.34. The fraction of sp³-hybridized carbons (Fsp3) is 0.444. The number of aryl methyl sites for hydroxylation is 1. The van der Waals surface area contributed by atoms with E-state index in [0.717, 1.165) is 30.4 Å². The summed E-state index contributed by atoms with van der Waals surface area (Å²) in [4.78, 5) is 50.9. The van der Waals surface area contributed by atoms with Gasteiger partial charge in [0.15, 0.2) is 0 Å². The van der Waals surface area contributed by atoms with Crippen molar-refractivity contribution in [2.24, 2.45) is 0 Å². The van der Waals surface area contributed by atoms with Crippen LogP contribution in [0.2, 0.25) is 0 Å². The Balaban J connectivity index is 2.01. The number of benzene rings is 2. The van der Waals surface area contributed by atoms with Crippen molar-refractivity contribution in [1.29, 1.82) is 0 Å². The molecule has 0 radical (unpaired) electrons. The normalized spacial score (nSPS) is 14.7. The first kappa shape index (κ1) is 26.8. The van der Waals surface area contributed by atoms with Crippen molar-refractivity contribution >= 4 is 29.2 Å². The van der Waals surface area contributed by atoms with Crippen LogP contribution >= 0.6 is 0 Å². The highest BCUT2D eigenvalue weighted by Gasteiger charge is 2.37. The number of carbonyl (C=O) groups excluding carboxylic acids is 3. The predicted octanol–water partition coefficient (Wildman–Crippen LogP) is 5.09. The second-order valence-corrected chi connectivity index (χ2v) is 9.24. The van der Waals surface area contributed by atoms with E-state index in [4.69, 9.17) is 4.74 Å². The summed E-state index contributed by atoms with van der Waals surface area (Å²) in [6.07, 6.45) is 3.43. The number of fused-ring (bicyclic) bond motifs is 1. The zero-order valence-electron chi connectivity index (χ0n) is 21.5. The third-order valence-corrected chi connectivity index (χ3v) is 6.66. The van der Waals surface area contributed by atoms with Gasteiger partial charge in [0.25, 0.3) is 11.6 Å². The minimum atomic E-state index is -0.990. The second kappa shape index (κ2) is 11.3. The summed E-state index contributed by atoms with van der Waals surface area (Å²) in [5.41, 5.74) is 3.80. The van der Waals surface area contributed by atoms with E-state index in [2.05, 4.69) is 12.2 Å². The van der Waals surface area contributed by atoms with Crippen LogP contribution in [0.1, 0.15) is 73.4 Å². The largest absolute Gasteiger partial charge is 0.426 e. The SMILES string of the molecule is CCCCCC(=O)N1CCc2ccc([N+](=O)[O-])cc2C1C(=O)Nc1cc(C)c(OC(C)=O)c(C)c1C. The molecular formula is C27H33N3O6. The maximum Gasteiger partial charge on any atom is 0.308 e. The monoisotopic (exact) mass is 495 g/mol. The number of ether oxygens (including phenoxy) is 1. The molecule has 2 aromatic rings. The molecule has 0 aliphatic carbocycles. The lowest BCUT2D eigenvalue weighted by Crippen LogP contribution is -2.45. The number of nitrogens with zero attached hydrogens (tertiary/aromatic N) is 2. The van der Waals surface area contributed by atoms with Crippen molar-refractivity contribution < 1.29 is 24.0 Å². The molecule has 1 N–H and O–H groups in total. The summed E-state index contributed by atoms with van der Waals surface area (Å²) in [6, 6.07) is 5.23. The van der Waals surface area contributed by atoms with E-state index in [-0.39, 0.29) is 11.6 Å². The summed E-state index contributed by atoms with van der Waals surface area (Å²) in [6.45, 7) is 9.13. The molecule has 1 unspecified atom stereocenters.